The molecule has 0 radical (unpaired) electrons. The third-order valence-corrected chi connectivity index (χ3v) is 2.27. The van der Waals surface area contributed by atoms with E-state index >= 15 is 0 Å². The first-order valence-corrected chi connectivity index (χ1v) is 4.35. The highest BCUT2D eigenvalue weighted by Crippen LogP contribution is 2.23. The molecule has 1 aromatic carbocycles. The van der Waals surface area contributed by atoms with E-state index in [1.165, 1.54) is 10.8 Å². The van der Waals surface area contributed by atoms with Gasteiger partial charge in [0.05, 0.1) is 0 Å². The third kappa shape index (κ3) is 1.24. The molecule has 2 heteroatoms. The van der Waals surface area contributed by atoms with Crippen molar-refractivity contribution in [2.75, 3.05) is 12.4 Å². The van der Waals surface area contributed by atoms with Gasteiger partial charge < -0.3 is 5.32 Å². The quantitative estimate of drug-likeness (QED) is 0.715. The minimum Gasteiger partial charge on any atom is -0.388 e. The van der Waals surface area contributed by atoms with Crippen molar-refractivity contribution in [3.05, 3.63) is 36.2 Å². The zero-order valence-electron chi connectivity index (χ0n) is 7.83. The molecule has 66 valence electrons. The molecule has 0 aliphatic heterocycles. The van der Waals surface area contributed by atoms with Crippen LogP contribution in [0.5, 0.6) is 0 Å². The Labute approximate surface area is 77.6 Å². The van der Waals surface area contributed by atoms with E-state index in [-0.39, 0.29) is 0 Å². The number of benzene rings is 1. The second-order valence-corrected chi connectivity index (χ2v) is 3.05. The maximum Gasteiger partial charge on any atom is 0.0451 e. The summed E-state index contributed by atoms with van der Waals surface area (Å²) in [5, 5.41) is 5.62. The third-order valence-electron chi connectivity index (χ3n) is 2.27. The van der Waals surface area contributed by atoms with Crippen LogP contribution in [0.1, 0.15) is 5.69 Å². The van der Waals surface area contributed by atoms with Crippen LogP contribution in [0.25, 0.3) is 10.8 Å². The lowest BCUT2D eigenvalue weighted by Crippen LogP contribution is -1.91. The highest BCUT2D eigenvalue weighted by molar-refractivity contribution is 5.94. The lowest BCUT2D eigenvalue weighted by atomic mass is 10.1. The second-order valence-electron chi connectivity index (χ2n) is 3.05. The lowest BCUT2D eigenvalue weighted by molar-refractivity contribution is 1.24. The van der Waals surface area contributed by atoms with Gasteiger partial charge in [-0.25, -0.2) is 0 Å². The van der Waals surface area contributed by atoms with Crippen molar-refractivity contribution in [3.8, 4) is 0 Å². The number of aryl methyl sites for hydroxylation is 1. The largest absolute Gasteiger partial charge is 0.388 e. The van der Waals surface area contributed by atoms with E-state index in [2.05, 4.69) is 22.4 Å². The molecule has 0 saturated carbocycles. The summed E-state index contributed by atoms with van der Waals surface area (Å²) in [4.78, 5) is 4.25. The highest BCUT2D eigenvalue weighted by atomic mass is 14.8. The van der Waals surface area contributed by atoms with Crippen LogP contribution in [-0.2, 0) is 0 Å². The molecule has 0 aliphatic carbocycles. The maximum atomic E-state index is 4.25. The molecule has 1 heterocycles. The fourth-order valence-electron chi connectivity index (χ4n) is 1.57. The van der Waals surface area contributed by atoms with E-state index in [9.17, 15) is 0 Å². The predicted molar refractivity (Wildman–Crippen MR) is 56.0 cm³/mol. The van der Waals surface area contributed by atoms with Gasteiger partial charge in [0.25, 0.3) is 0 Å². The van der Waals surface area contributed by atoms with Crippen LogP contribution in [0.2, 0.25) is 0 Å². The number of hydrogen-bond donors (Lipinski definition) is 1. The van der Waals surface area contributed by atoms with Crippen molar-refractivity contribution in [1.29, 1.82) is 0 Å². The van der Waals surface area contributed by atoms with Crippen molar-refractivity contribution in [2.24, 2.45) is 0 Å². The zero-order valence-corrected chi connectivity index (χ0v) is 7.83. The molecule has 2 rings (SSSR count). The van der Waals surface area contributed by atoms with Gasteiger partial charge in [0.15, 0.2) is 0 Å². The molecular formula is C11H12N2. The molecule has 0 saturated heterocycles. The van der Waals surface area contributed by atoms with Gasteiger partial charge in [-0.1, -0.05) is 12.1 Å². The van der Waals surface area contributed by atoms with Crippen molar-refractivity contribution >= 4 is 16.5 Å². The van der Waals surface area contributed by atoms with E-state index in [1.807, 2.05) is 32.3 Å². The number of pyridine rings is 1. The van der Waals surface area contributed by atoms with E-state index in [1.54, 1.807) is 0 Å². The highest BCUT2D eigenvalue weighted by Gasteiger charge is 2.00. The fourth-order valence-corrected chi connectivity index (χ4v) is 1.57. The summed E-state index contributed by atoms with van der Waals surface area (Å²) in [6.45, 7) is 2.03. The number of nitrogens with zero attached hydrogens (tertiary/aromatic N) is 1. The van der Waals surface area contributed by atoms with Crippen LogP contribution in [0.3, 0.4) is 0 Å². The van der Waals surface area contributed by atoms with Crippen LogP contribution in [0.15, 0.2) is 30.5 Å². The summed E-state index contributed by atoms with van der Waals surface area (Å²) in [6.07, 6.45) is 1.85. The lowest BCUT2D eigenvalue weighted by Gasteiger charge is -2.06. The van der Waals surface area contributed by atoms with Crippen molar-refractivity contribution in [2.45, 2.75) is 6.92 Å². The van der Waals surface area contributed by atoms with Crippen LogP contribution in [0, 0.1) is 6.92 Å². The van der Waals surface area contributed by atoms with Crippen LogP contribution >= 0.6 is 0 Å². The summed E-state index contributed by atoms with van der Waals surface area (Å²) in [7, 11) is 1.94. The topological polar surface area (TPSA) is 24.9 Å². The Morgan fingerprint density at radius 2 is 2.00 bits per heavy atom. The van der Waals surface area contributed by atoms with Gasteiger partial charge in [-0.2, -0.15) is 0 Å². The number of rotatable bonds is 1. The normalized spacial score (nSPS) is 10.3. The number of anilines is 1. The van der Waals surface area contributed by atoms with Gasteiger partial charge in [-0.3, -0.25) is 4.98 Å². The van der Waals surface area contributed by atoms with Crippen molar-refractivity contribution < 1.29 is 0 Å². The van der Waals surface area contributed by atoms with E-state index in [4.69, 9.17) is 0 Å². The van der Waals surface area contributed by atoms with E-state index in [0.29, 0.717) is 0 Å². The summed E-state index contributed by atoms with van der Waals surface area (Å²) in [5.41, 5.74) is 2.23. The molecule has 0 bridgehead atoms. The molecule has 13 heavy (non-hydrogen) atoms. The average molecular weight is 172 g/mol. The first-order chi connectivity index (χ1) is 6.33. The molecule has 1 N–H and O–H groups in total. The minimum atomic E-state index is 1.08. The van der Waals surface area contributed by atoms with Crippen LogP contribution in [-0.4, -0.2) is 12.0 Å². The smallest absolute Gasteiger partial charge is 0.0451 e. The Morgan fingerprint density at radius 3 is 2.77 bits per heavy atom. The fraction of sp³-hybridized carbons (Fsp3) is 0.182. The summed E-state index contributed by atoms with van der Waals surface area (Å²) in [5.74, 6) is 0. The summed E-state index contributed by atoms with van der Waals surface area (Å²) in [6, 6.07) is 8.25. The molecule has 0 amide bonds. The number of nitrogens with one attached hydrogen (secondary N) is 1. The predicted octanol–water partition coefficient (Wildman–Crippen LogP) is 2.58. The SMILES string of the molecule is CNc1cccc2c(C)nccc12. The second kappa shape index (κ2) is 3.05. The van der Waals surface area contributed by atoms with E-state index < -0.39 is 0 Å². The maximum absolute atomic E-state index is 4.25. The van der Waals surface area contributed by atoms with E-state index in [0.717, 1.165) is 11.4 Å². The molecule has 2 nitrogen and oxygen atoms in total. The van der Waals surface area contributed by atoms with Crippen molar-refractivity contribution in [1.82, 2.24) is 4.98 Å². The standard InChI is InChI=1S/C11H12N2/c1-8-9-4-3-5-11(12-2)10(9)6-7-13-8/h3-7,12H,1-2H3. The molecule has 0 fully saturated rings. The molecular weight excluding hydrogens is 160 g/mol. The molecule has 2 aromatic rings. The summed E-state index contributed by atoms with van der Waals surface area (Å²) >= 11 is 0. The zero-order chi connectivity index (χ0) is 9.26. The van der Waals surface area contributed by atoms with Gasteiger partial charge in [0, 0.05) is 35.4 Å². The molecule has 0 aliphatic rings. The first-order valence-electron chi connectivity index (χ1n) is 4.35. The number of fused-ring (bicyclic) bond motifs is 1. The number of aromatic nitrogens is 1. The Balaban J connectivity index is 2.84. The number of hydrogen-bond acceptors (Lipinski definition) is 2. The monoisotopic (exact) mass is 172 g/mol. The molecule has 0 atom stereocenters. The van der Waals surface area contributed by atoms with Crippen molar-refractivity contribution in [3.63, 3.8) is 0 Å². The van der Waals surface area contributed by atoms with Gasteiger partial charge in [-0.15, -0.1) is 0 Å². The molecule has 1 aromatic heterocycles. The average Bonchev–Trinajstić information content (AvgIpc) is 2.18. The Hall–Kier alpha value is -1.57. The van der Waals surface area contributed by atoms with Gasteiger partial charge in [0.2, 0.25) is 0 Å². The Morgan fingerprint density at radius 1 is 1.15 bits per heavy atom. The Bertz CT molecular complexity index is 435. The molecule has 0 unspecified atom stereocenters. The van der Waals surface area contributed by atoms with Gasteiger partial charge >= 0.3 is 0 Å². The van der Waals surface area contributed by atoms with Gasteiger partial charge in [-0.05, 0) is 19.1 Å². The Kier molecular flexibility index (Phi) is 1.89. The first kappa shape index (κ1) is 8.05. The van der Waals surface area contributed by atoms with Crippen LogP contribution < -0.4 is 5.32 Å². The molecule has 0 spiro atoms. The minimum absolute atomic E-state index is 1.08. The van der Waals surface area contributed by atoms with Crippen LogP contribution in [0.4, 0.5) is 5.69 Å². The van der Waals surface area contributed by atoms with Gasteiger partial charge in [0.1, 0.15) is 0 Å². The summed E-state index contributed by atoms with van der Waals surface area (Å²) < 4.78 is 0.